The summed E-state index contributed by atoms with van der Waals surface area (Å²) in [5.41, 5.74) is 0. The summed E-state index contributed by atoms with van der Waals surface area (Å²) in [5.74, 6) is -2.02. The molecule has 0 aromatic heterocycles. The Morgan fingerprint density at radius 3 is 2.50 bits per heavy atom. The Balaban J connectivity index is 2.06. The lowest BCUT2D eigenvalue weighted by Crippen LogP contribution is -2.47. The molecule has 0 spiro atoms. The average Bonchev–Trinajstić information content (AvgIpc) is 2.75. The minimum Gasteiger partial charge on any atom is -0.387 e. The molecule has 6 N–H and O–H groups in total. The molecule has 2 heterocycles. The summed E-state index contributed by atoms with van der Waals surface area (Å²) in [5, 5.41) is 22.2. The van der Waals surface area contributed by atoms with Gasteiger partial charge in [-0.15, -0.1) is 0 Å². The highest BCUT2D eigenvalue weighted by molar-refractivity contribution is 7.70. The second-order valence-electron chi connectivity index (χ2n) is 5.57. The highest BCUT2D eigenvalue weighted by atomic mass is 35.5. The quantitative estimate of drug-likeness (QED) is 0.274. The van der Waals surface area contributed by atoms with Crippen LogP contribution in [0.1, 0.15) is 0 Å². The third kappa shape index (κ3) is 5.14. The Kier molecular flexibility index (Phi) is 6.36. The van der Waals surface area contributed by atoms with Crippen molar-refractivity contribution < 1.29 is 48.1 Å². The topological polar surface area (TPSA) is 186 Å². The van der Waals surface area contributed by atoms with E-state index in [1.807, 2.05) is 0 Å². The van der Waals surface area contributed by atoms with E-state index in [4.69, 9.17) is 26.1 Å². The maximum atomic E-state index is 11.6. The van der Waals surface area contributed by atoms with Crippen molar-refractivity contribution in [2.45, 2.75) is 24.5 Å². The van der Waals surface area contributed by atoms with Gasteiger partial charge in [-0.05, 0) is 0 Å². The van der Waals surface area contributed by atoms with Crippen LogP contribution in [0.5, 0.6) is 0 Å². The maximum absolute atomic E-state index is 11.6. The van der Waals surface area contributed by atoms with Crippen molar-refractivity contribution in [2.24, 2.45) is 0 Å². The zero-order chi connectivity index (χ0) is 19.9. The van der Waals surface area contributed by atoms with Crippen LogP contribution in [0, 0.1) is 0 Å². The van der Waals surface area contributed by atoms with E-state index >= 15 is 0 Å². The van der Waals surface area contributed by atoms with Crippen LogP contribution in [0.2, 0.25) is 0 Å². The fourth-order valence-electron chi connectivity index (χ4n) is 2.30. The average molecular weight is 435 g/mol. The van der Waals surface area contributed by atoms with Crippen LogP contribution in [0.4, 0.5) is 0 Å². The van der Waals surface area contributed by atoms with Crippen LogP contribution in [0.25, 0.3) is 0 Å². The Morgan fingerprint density at radius 1 is 1.31 bits per heavy atom. The minimum atomic E-state index is -4.80. The number of nitrogens with zero attached hydrogens (tertiary/aromatic N) is 1. The lowest BCUT2D eigenvalue weighted by atomic mass is 10.1. The van der Waals surface area contributed by atoms with Gasteiger partial charge in [0.2, 0.25) is 0 Å². The van der Waals surface area contributed by atoms with E-state index in [0.717, 1.165) is 11.1 Å². The zero-order valence-corrected chi connectivity index (χ0v) is 15.5. The van der Waals surface area contributed by atoms with Gasteiger partial charge in [0.15, 0.2) is 12.1 Å². The van der Waals surface area contributed by atoms with E-state index in [1.54, 1.807) is 0 Å². The predicted octanol–water partition coefficient (Wildman–Crippen LogP) is -1.25. The van der Waals surface area contributed by atoms with E-state index in [-0.39, 0.29) is 10.9 Å². The van der Waals surface area contributed by atoms with Crippen LogP contribution in [0.3, 0.4) is 0 Å². The summed E-state index contributed by atoms with van der Waals surface area (Å²) in [4.78, 5) is 39.4. The Morgan fingerprint density at radius 2 is 1.92 bits per heavy atom. The number of amides is 1. The summed E-state index contributed by atoms with van der Waals surface area (Å²) in [6.45, 7) is 2.82. The Bertz CT molecular complexity index is 724. The first kappa shape index (κ1) is 21.5. The number of aliphatic hydroxyl groups excluding tert-OH is 2. The van der Waals surface area contributed by atoms with Crippen LogP contribution >= 0.6 is 26.8 Å². The molecule has 0 aromatic carbocycles. The van der Waals surface area contributed by atoms with E-state index in [0.29, 0.717) is 0 Å². The number of aliphatic hydroxyl groups is 2. The van der Waals surface area contributed by atoms with Gasteiger partial charge in [0, 0.05) is 6.20 Å². The molecular weight excluding hydrogens is 418 g/mol. The van der Waals surface area contributed by atoms with Gasteiger partial charge in [-0.25, -0.2) is 0 Å². The molecule has 1 amide bonds. The third-order valence-corrected chi connectivity index (χ3v) is 7.18. The molecule has 15 heteroatoms. The molecular formula is C11H17ClN2O10P2. The standard InChI is InChI=1S/C11H17ClN2O10P2/c1-5-13-10(17)6(12)2-14(5)11-9(16)8(15)7(24-11)3-23-26(21,22)4-25(18,19)20/h2,7-9,11,15-16H,1,3-4H2,(H,13,17)(H,21,22)(H2,18,19,20)/t7-,8+,9?,11-/m1/s1. The maximum Gasteiger partial charge on any atom is 0.340 e. The molecule has 1 saturated heterocycles. The summed E-state index contributed by atoms with van der Waals surface area (Å²) in [6, 6.07) is 0. The molecule has 26 heavy (non-hydrogen) atoms. The molecule has 2 rings (SSSR count). The molecule has 0 aliphatic carbocycles. The number of hydrogen-bond acceptors (Lipinski definition) is 8. The van der Waals surface area contributed by atoms with Crippen molar-refractivity contribution in [3.05, 3.63) is 23.6 Å². The van der Waals surface area contributed by atoms with Gasteiger partial charge in [0.1, 0.15) is 29.2 Å². The number of nitrogens with one attached hydrogen (secondary N) is 1. The van der Waals surface area contributed by atoms with Gasteiger partial charge >= 0.3 is 15.2 Å². The molecule has 1 fully saturated rings. The molecule has 5 atom stereocenters. The summed E-state index contributed by atoms with van der Waals surface area (Å²) in [6.07, 6.45) is -4.52. The normalized spacial score (nSPS) is 32.2. The van der Waals surface area contributed by atoms with Crippen molar-refractivity contribution in [2.75, 3.05) is 12.5 Å². The highest BCUT2D eigenvalue weighted by Crippen LogP contribution is 2.55. The van der Waals surface area contributed by atoms with Gasteiger partial charge < -0.3 is 44.4 Å². The lowest BCUT2D eigenvalue weighted by molar-refractivity contribution is -0.119. The van der Waals surface area contributed by atoms with Crippen molar-refractivity contribution in [3.8, 4) is 0 Å². The van der Waals surface area contributed by atoms with Gasteiger partial charge in [-0.1, -0.05) is 18.2 Å². The number of ether oxygens (including phenoxy) is 1. The van der Waals surface area contributed by atoms with E-state index in [1.165, 1.54) is 0 Å². The second-order valence-corrected chi connectivity index (χ2v) is 9.97. The summed E-state index contributed by atoms with van der Waals surface area (Å²) < 4.78 is 32.4. The minimum absolute atomic E-state index is 0.00606. The molecule has 0 saturated carbocycles. The highest BCUT2D eigenvalue weighted by Gasteiger charge is 2.47. The number of carbonyl (C=O) groups excluding carboxylic acids is 1. The Hall–Kier alpha value is -0.780. The molecule has 0 bridgehead atoms. The SMILES string of the molecule is C=C1NC(=O)C(Cl)=CN1[C@@H]1O[C@H](COP(=O)(O)CP(=O)(O)O)[C@H](O)C1O. The smallest absolute Gasteiger partial charge is 0.340 e. The van der Waals surface area contributed by atoms with Crippen molar-refractivity contribution >= 4 is 32.7 Å². The zero-order valence-electron chi connectivity index (χ0n) is 13.0. The van der Waals surface area contributed by atoms with Crippen LogP contribution in [0.15, 0.2) is 23.6 Å². The van der Waals surface area contributed by atoms with E-state index in [9.17, 15) is 29.0 Å². The fraction of sp³-hybridized carbons (Fsp3) is 0.545. The van der Waals surface area contributed by atoms with Crippen LogP contribution in [-0.4, -0.2) is 72.8 Å². The third-order valence-electron chi connectivity index (χ3n) is 3.45. The van der Waals surface area contributed by atoms with Crippen molar-refractivity contribution in [1.29, 1.82) is 0 Å². The molecule has 2 aliphatic heterocycles. The molecule has 2 unspecified atom stereocenters. The largest absolute Gasteiger partial charge is 0.387 e. The number of carbonyl (C=O) groups is 1. The first-order chi connectivity index (χ1) is 11.8. The van der Waals surface area contributed by atoms with Crippen LogP contribution in [-0.2, 0) is 23.2 Å². The molecule has 0 radical (unpaired) electrons. The van der Waals surface area contributed by atoms with Gasteiger partial charge in [-0.2, -0.15) is 0 Å². The molecule has 0 aromatic rings. The summed E-state index contributed by atoms with van der Waals surface area (Å²) >= 11 is 5.71. The fourth-order valence-corrected chi connectivity index (χ4v) is 5.02. The van der Waals surface area contributed by atoms with E-state index < -0.39 is 58.1 Å². The van der Waals surface area contributed by atoms with E-state index in [2.05, 4.69) is 16.4 Å². The first-order valence-electron chi connectivity index (χ1n) is 6.99. The monoisotopic (exact) mass is 434 g/mol. The second kappa shape index (κ2) is 7.69. The van der Waals surface area contributed by atoms with Crippen molar-refractivity contribution in [3.63, 3.8) is 0 Å². The lowest BCUT2D eigenvalue weighted by Gasteiger charge is -2.33. The first-order valence-corrected chi connectivity index (χ1v) is 10.9. The van der Waals surface area contributed by atoms with Crippen LogP contribution < -0.4 is 5.32 Å². The summed E-state index contributed by atoms with van der Waals surface area (Å²) in [7, 11) is -9.46. The predicted molar refractivity (Wildman–Crippen MR) is 86.4 cm³/mol. The molecule has 2 aliphatic rings. The van der Waals surface area contributed by atoms with Crippen molar-refractivity contribution in [1.82, 2.24) is 10.2 Å². The number of halogens is 1. The molecule has 12 nitrogen and oxygen atoms in total. The van der Waals surface area contributed by atoms with Gasteiger partial charge in [0.05, 0.1) is 6.61 Å². The van der Waals surface area contributed by atoms with Gasteiger partial charge in [-0.3, -0.25) is 13.9 Å². The molecule has 148 valence electrons. The Labute approximate surface area is 152 Å². The number of hydrogen-bond donors (Lipinski definition) is 6. The van der Waals surface area contributed by atoms with Gasteiger partial charge in [0.25, 0.3) is 5.91 Å². The number of rotatable bonds is 6.